The molecule has 0 aromatic heterocycles. The predicted octanol–water partition coefficient (Wildman–Crippen LogP) is 3.85. The monoisotopic (exact) mass is 477 g/mol. The average molecular weight is 478 g/mol. The lowest BCUT2D eigenvalue weighted by Crippen LogP contribution is -2.53. The number of piperazine rings is 1. The van der Waals surface area contributed by atoms with Crippen molar-refractivity contribution in [2.45, 2.75) is 70.1 Å². The Morgan fingerprint density at radius 3 is 2.43 bits per heavy atom. The van der Waals surface area contributed by atoms with Crippen LogP contribution in [0.1, 0.15) is 58.4 Å². The Hall–Kier alpha value is -1.62. The summed E-state index contributed by atoms with van der Waals surface area (Å²) in [6, 6.07) is 8.36. The van der Waals surface area contributed by atoms with E-state index in [1.807, 2.05) is 39.0 Å². The first-order chi connectivity index (χ1) is 14.1. The first-order valence-corrected chi connectivity index (χ1v) is 11.5. The molecule has 2 fully saturated rings. The van der Waals surface area contributed by atoms with Gasteiger partial charge in [0, 0.05) is 36.7 Å². The van der Waals surface area contributed by atoms with Gasteiger partial charge in [-0.3, -0.25) is 9.69 Å². The van der Waals surface area contributed by atoms with E-state index in [1.165, 1.54) is 0 Å². The molecule has 6 nitrogen and oxygen atoms in total. The summed E-state index contributed by atoms with van der Waals surface area (Å²) in [4.78, 5) is 17.0. The van der Waals surface area contributed by atoms with Crippen LogP contribution in [0.15, 0.2) is 22.7 Å². The van der Waals surface area contributed by atoms with Gasteiger partial charge in [0.2, 0.25) is 0 Å². The molecule has 1 aliphatic heterocycles. The van der Waals surface area contributed by atoms with Crippen LogP contribution in [0.4, 0.5) is 5.69 Å². The third-order valence-corrected chi connectivity index (χ3v) is 6.66. The third kappa shape index (κ3) is 5.96. The first kappa shape index (κ1) is 23.1. The Kier molecular flexibility index (Phi) is 7.11. The summed E-state index contributed by atoms with van der Waals surface area (Å²) in [7, 11) is 0. The van der Waals surface area contributed by atoms with E-state index in [0.29, 0.717) is 24.4 Å². The van der Waals surface area contributed by atoms with Gasteiger partial charge < -0.3 is 14.7 Å². The average Bonchev–Trinajstić information content (AvgIpc) is 2.67. The molecule has 7 heteroatoms. The highest BCUT2D eigenvalue weighted by molar-refractivity contribution is 9.10. The van der Waals surface area contributed by atoms with Crippen LogP contribution < -0.4 is 4.90 Å². The van der Waals surface area contributed by atoms with Gasteiger partial charge in [-0.2, -0.15) is 5.26 Å². The van der Waals surface area contributed by atoms with E-state index >= 15 is 0 Å². The Balaban J connectivity index is 1.49. The summed E-state index contributed by atoms with van der Waals surface area (Å²) in [6.07, 6.45) is 3.16. The molecule has 30 heavy (non-hydrogen) atoms. The number of hydrogen-bond acceptors (Lipinski definition) is 6. The number of aliphatic hydroxyl groups is 1. The molecule has 0 atom stereocenters. The number of halogens is 1. The second-order valence-electron chi connectivity index (χ2n) is 9.52. The van der Waals surface area contributed by atoms with E-state index in [1.54, 1.807) is 0 Å². The number of rotatable bonds is 4. The van der Waals surface area contributed by atoms with Crippen molar-refractivity contribution < 1.29 is 14.6 Å². The predicted molar refractivity (Wildman–Crippen MR) is 120 cm³/mol. The van der Waals surface area contributed by atoms with Gasteiger partial charge in [0.1, 0.15) is 5.60 Å². The van der Waals surface area contributed by atoms with Crippen molar-refractivity contribution in [2.24, 2.45) is 0 Å². The third-order valence-electron chi connectivity index (χ3n) is 6.03. The summed E-state index contributed by atoms with van der Waals surface area (Å²) in [6.45, 7) is 9.36. The summed E-state index contributed by atoms with van der Waals surface area (Å²) in [5, 5.41) is 19.9. The zero-order valence-corrected chi connectivity index (χ0v) is 19.7. The van der Waals surface area contributed by atoms with Gasteiger partial charge >= 0.3 is 5.97 Å². The van der Waals surface area contributed by atoms with E-state index in [4.69, 9.17) is 10.00 Å². The molecule has 0 radical (unpaired) electrons. The molecular formula is C23H32BrN3O3. The van der Waals surface area contributed by atoms with Crippen LogP contribution >= 0.6 is 15.9 Å². The number of benzene rings is 1. The van der Waals surface area contributed by atoms with E-state index < -0.39 is 11.2 Å². The number of hydrogen-bond donors (Lipinski definition) is 1. The van der Waals surface area contributed by atoms with Crippen molar-refractivity contribution in [1.29, 1.82) is 5.26 Å². The maximum atomic E-state index is 12.1. The van der Waals surface area contributed by atoms with Crippen molar-refractivity contribution in [3.63, 3.8) is 0 Å². The highest BCUT2D eigenvalue weighted by atomic mass is 79.9. The smallest absolute Gasteiger partial charge is 0.309 e. The van der Waals surface area contributed by atoms with Gasteiger partial charge in [-0.1, -0.05) is 0 Å². The summed E-state index contributed by atoms with van der Waals surface area (Å²) >= 11 is 3.59. The van der Waals surface area contributed by atoms with Crippen LogP contribution in [-0.2, 0) is 9.53 Å². The Bertz CT molecular complexity index is 799. The fourth-order valence-corrected chi connectivity index (χ4v) is 5.12. The topological polar surface area (TPSA) is 76.8 Å². The minimum atomic E-state index is -0.937. The number of nitriles is 1. The van der Waals surface area contributed by atoms with E-state index in [9.17, 15) is 9.90 Å². The number of ether oxygens (including phenoxy) is 1. The number of carbonyl (C=O) groups is 1. The Morgan fingerprint density at radius 1 is 1.27 bits per heavy atom. The molecule has 0 amide bonds. The fraction of sp³-hybridized carbons (Fsp3) is 0.652. The zero-order valence-electron chi connectivity index (χ0n) is 18.2. The molecule has 1 aromatic carbocycles. The largest absolute Gasteiger partial charge is 0.460 e. The molecule has 1 aliphatic carbocycles. The van der Waals surface area contributed by atoms with Crippen LogP contribution in [0.3, 0.4) is 0 Å². The molecule has 1 N–H and O–H groups in total. The minimum Gasteiger partial charge on any atom is -0.460 e. The van der Waals surface area contributed by atoms with E-state index in [-0.39, 0.29) is 12.4 Å². The lowest BCUT2D eigenvalue weighted by Gasteiger charge is -2.44. The normalized spacial score (nSPS) is 25.6. The van der Waals surface area contributed by atoms with Gasteiger partial charge in [-0.25, -0.2) is 0 Å². The van der Waals surface area contributed by atoms with Crippen molar-refractivity contribution in [3.05, 3.63) is 28.2 Å². The molecule has 0 unspecified atom stereocenters. The van der Waals surface area contributed by atoms with Crippen molar-refractivity contribution in [3.8, 4) is 6.07 Å². The van der Waals surface area contributed by atoms with E-state index in [0.717, 1.165) is 49.2 Å². The molecule has 1 heterocycles. The molecule has 2 aliphatic rings. The van der Waals surface area contributed by atoms with Gasteiger partial charge in [-0.15, -0.1) is 0 Å². The van der Waals surface area contributed by atoms with Crippen LogP contribution in [0, 0.1) is 11.3 Å². The Morgan fingerprint density at radius 2 is 1.90 bits per heavy atom. The number of carbonyl (C=O) groups excluding carboxylic acids is 1. The molecule has 1 saturated carbocycles. The maximum absolute atomic E-state index is 12.1. The molecule has 0 bridgehead atoms. The fourth-order valence-electron chi connectivity index (χ4n) is 4.49. The second kappa shape index (κ2) is 9.25. The highest BCUT2D eigenvalue weighted by Crippen LogP contribution is 2.35. The van der Waals surface area contributed by atoms with Gasteiger partial charge in [-0.05, 0) is 80.6 Å². The molecule has 164 valence electrons. The van der Waals surface area contributed by atoms with Crippen LogP contribution in [-0.4, -0.2) is 59.4 Å². The minimum absolute atomic E-state index is 0.0808. The van der Waals surface area contributed by atoms with Gasteiger partial charge in [0.25, 0.3) is 0 Å². The van der Waals surface area contributed by atoms with Gasteiger partial charge in [0.05, 0.1) is 29.3 Å². The van der Waals surface area contributed by atoms with Crippen molar-refractivity contribution in [1.82, 2.24) is 4.90 Å². The van der Waals surface area contributed by atoms with Gasteiger partial charge in [0.15, 0.2) is 0 Å². The highest BCUT2D eigenvalue weighted by Gasteiger charge is 2.38. The lowest BCUT2D eigenvalue weighted by molar-refractivity contribution is -0.162. The quantitative estimate of drug-likeness (QED) is 0.663. The van der Waals surface area contributed by atoms with E-state index in [2.05, 4.69) is 31.8 Å². The zero-order chi connectivity index (χ0) is 21.9. The van der Waals surface area contributed by atoms with Crippen LogP contribution in [0.25, 0.3) is 0 Å². The number of nitrogens with zero attached hydrogens (tertiary/aromatic N) is 3. The lowest BCUT2D eigenvalue weighted by atomic mass is 9.79. The summed E-state index contributed by atoms with van der Waals surface area (Å²) < 4.78 is 6.35. The Labute approximate surface area is 187 Å². The number of esters is 1. The van der Waals surface area contributed by atoms with Crippen molar-refractivity contribution >= 4 is 27.6 Å². The number of anilines is 1. The molecule has 3 rings (SSSR count). The van der Waals surface area contributed by atoms with Crippen LogP contribution in [0.5, 0.6) is 0 Å². The molecule has 1 saturated heterocycles. The standard InChI is InChI=1S/C23H32BrN3O3/c1-22(2,3)30-21(28)15-23(29)8-6-18(7-9-23)26-10-12-27(13-11-26)20-5-4-17(16-25)14-19(20)24/h4-5,14,18,29H,6-13,15H2,1-3H3. The molecule has 1 aromatic rings. The molecule has 0 spiro atoms. The maximum Gasteiger partial charge on any atom is 0.309 e. The first-order valence-electron chi connectivity index (χ1n) is 10.7. The summed E-state index contributed by atoms with van der Waals surface area (Å²) in [5.41, 5.74) is 0.330. The van der Waals surface area contributed by atoms with Crippen LogP contribution in [0.2, 0.25) is 0 Å². The van der Waals surface area contributed by atoms with Crippen molar-refractivity contribution in [2.75, 3.05) is 31.1 Å². The second-order valence-corrected chi connectivity index (χ2v) is 10.4. The summed E-state index contributed by atoms with van der Waals surface area (Å²) in [5.74, 6) is -0.315. The SMILES string of the molecule is CC(C)(C)OC(=O)CC1(O)CCC(N2CCN(c3ccc(C#N)cc3Br)CC2)CC1. The molecular weight excluding hydrogens is 446 g/mol.